The van der Waals surface area contributed by atoms with Gasteiger partial charge in [-0.3, -0.25) is 4.98 Å². The van der Waals surface area contributed by atoms with Crippen LogP contribution >= 0.6 is 0 Å². The number of phenolic OH excluding ortho intramolecular Hbond substituents is 1. The van der Waals surface area contributed by atoms with Crippen LogP contribution in [0.5, 0.6) is 5.75 Å². The maximum absolute atomic E-state index is 9.77. The maximum Gasteiger partial charge on any atom is 0.120 e. The van der Waals surface area contributed by atoms with E-state index in [9.17, 15) is 5.11 Å². The Morgan fingerprint density at radius 1 is 1.33 bits per heavy atom. The van der Waals surface area contributed by atoms with Crippen molar-refractivity contribution in [1.82, 2.24) is 10.3 Å². The largest absolute Gasteiger partial charge is 0.508 e. The number of hydrogen-bond acceptors (Lipinski definition) is 3. The SMILES string of the molecule is Cc1ccc(O)c(CNC(C)c2cccnc2)c1. The molecule has 1 heterocycles. The van der Waals surface area contributed by atoms with Crippen molar-refractivity contribution in [2.24, 2.45) is 0 Å². The summed E-state index contributed by atoms with van der Waals surface area (Å²) in [6.07, 6.45) is 3.62. The zero-order chi connectivity index (χ0) is 13.0. The third-order valence-electron chi connectivity index (χ3n) is 3.02. The highest BCUT2D eigenvalue weighted by atomic mass is 16.3. The van der Waals surface area contributed by atoms with Gasteiger partial charge in [-0.05, 0) is 31.5 Å². The van der Waals surface area contributed by atoms with E-state index in [0.29, 0.717) is 12.3 Å². The van der Waals surface area contributed by atoms with E-state index < -0.39 is 0 Å². The zero-order valence-corrected chi connectivity index (χ0v) is 10.7. The molecule has 18 heavy (non-hydrogen) atoms. The molecule has 0 aliphatic rings. The Bertz CT molecular complexity index is 511. The molecule has 0 aliphatic carbocycles. The topological polar surface area (TPSA) is 45.1 Å². The Morgan fingerprint density at radius 2 is 2.17 bits per heavy atom. The average molecular weight is 242 g/mol. The van der Waals surface area contributed by atoms with E-state index in [1.807, 2.05) is 37.4 Å². The number of aromatic nitrogens is 1. The molecule has 3 heteroatoms. The van der Waals surface area contributed by atoms with Gasteiger partial charge in [-0.25, -0.2) is 0 Å². The molecule has 0 bridgehead atoms. The van der Waals surface area contributed by atoms with Crippen molar-refractivity contribution in [3.63, 3.8) is 0 Å². The monoisotopic (exact) mass is 242 g/mol. The molecule has 0 aliphatic heterocycles. The van der Waals surface area contributed by atoms with Crippen LogP contribution in [0.15, 0.2) is 42.7 Å². The first kappa shape index (κ1) is 12.6. The standard InChI is InChI=1S/C15H18N2O/c1-11-5-6-15(18)14(8-11)10-17-12(2)13-4-3-7-16-9-13/h3-9,12,17-18H,10H2,1-2H3. The number of pyridine rings is 1. The van der Waals surface area contributed by atoms with Gasteiger partial charge in [-0.15, -0.1) is 0 Å². The fourth-order valence-electron chi connectivity index (χ4n) is 1.87. The van der Waals surface area contributed by atoms with E-state index in [4.69, 9.17) is 0 Å². The van der Waals surface area contributed by atoms with Crippen LogP contribution in [0.1, 0.15) is 29.7 Å². The van der Waals surface area contributed by atoms with Crippen molar-refractivity contribution in [1.29, 1.82) is 0 Å². The van der Waals surface area contributed by atoms with Crippen LogP contribution in [0.4, 0.5) is 0 Å². The van der Waals surface area contributed by atoms with E-state index in [1.54, 1.807) is 12.3 Å². The summed E-state index contributed by atoms with van der Waals surface area (Å²) < 4.78 is 0. The summed E-state index contributed by atoms with van der Waals surface area (Å²) in [5.74, 6) is 0.339. The van der Waals surface area contributed by atoms with Crippen LogP contribution in [-0.4, -0.2) is 10.1 Å². The number of hydrogen-bond donors (Lipinski definition) is 2. The molecule has 94 valence electrons. The van der Waals surface area contributed by atoms with Gasteiger partial charge in [-0.1, -0.05) is 23.8 Å². The molecule has 1 unspecified atom stereocenters. The number of rotatable bonds is 4. The fraction of sp³-hybridized carbons (Fsp3) is 0.267. The lowest BCUT2D eigenvalue weighted by atomic mass is 10.1. The van der Waals surface area contributed by atoms with E-state index in [-0.39, 0.29) is 6.04 Å². The van der Waals surface area contributed by atoms with E-state index in [0.717, 1.165) is 16.7 Å². The molecule has 1 aromatic heterocycles. The van der Waals surface area contributed by atoms with Crippen molar-refractivity contribution in [2.45, 2.75) is 26.4 Å². The molecule has 2 N–H and O–H groups in total. The molecule has 2 rings (SSSR count). The van der Waals surface area contributed by atoms with Crippen molar-refractivity contribution in [3.8, 4) is 5.75 Å². The first-order chi connectivity index (χ1) is 8.66. The van der Waals surface area contributed by atoms with Crippen LogP contribution < -0.4 is 5.32 Å². The minimum Gasteiger partial charge on any atom is -0.508 e. The first-order valence-electron chi connectivity index (χ1n) is 6.08. The van der Waals surface area contributed by atoms with Gasteiger partial charge < -0.3 is 10.4 Å². The molecule has 2 aromatic rings. The van der Waals surface area contributed by atoms with Crippen molar-refractivity contribution in [2.75, 3.05) is 0 Å². The normalized spacial score (nSPS) is 12.3. The van der Waals surface area contributed by atoms with E-state index in [2.05, 4.69) is 17.2 Å². The molecule has 0 saturated heterocycles. The van der Waals surface area contributed by atoms with Gasteiger partial charge in [0, 0.05) is 30.5 Å². The Kier molecular flexibility index (Phi) is 3.95. The Hall–Kier alpha value is -1.87. The van der Waals surface area contributed by atoms with Crippen LogP contribution in [-0.2, 0) is 6.54 Å². The highest BCUT2D eigenvalue weighted by Gasteiger charge is 2.06. The predicted octanol–water partition coefficient (Wildman–Crippen LogP) is 2.95. The number of aryl methyl sites for hydroxylation is 1. The summed E-state index contributed by atoms with van der Waals surface area (Å²) in [5, 5.41) is 13.1. The molecule has 3 nitrogen and oxygen atoms in total. The molecule has 0 amide bonds. The Morgan fingerprint density at radius 3 is 2.89 bits per heavy atom. The number of nitrogens with one attached hydrogen (secondary N) is 1. The second-order valence-electron chi connectivity index (χ2n) is 4.52. The molecule has 0 spiro atoms. The lowest BCUT2D eigenvalue weighted by Gasteiger charge is -2.14. The predicted molar refractivity (Wildman–Crippen MR) is 72.3 cm³/mol. The molecular weight excluding hydrogens is 224 g/mol. The van der Waals surface area contributed by atoms with Gasteiger partial charge in [0.1, 0.15) is 5.75 Å². The lowest BCUT2D eigenvalue weighted by Crippen LogP contribution is -2.18. The molecule has 0 saturated carbocycles. The molecule has 1 atom stereocenters. The first-order valence-corrected chi connectivity index (χ1v) is 6.08. The van der Waals surface area contributed by atoms with Gasteiger partial charge in [-0.2, -0.15) is 0 Å². The Labute approximate surface area is 108 Å². The summed E-state index contributed by atoms with van der Waals surface area (Å²) in [6, 6.07) is 9.82. The third kappa shape index (κ3) is 3.08. The molecule has 0 fully saturated rings. The molecular formula is C15H18N2O. The minimum atomic E-state index is 0.207. The van der Waals surface area contributed by atoms with Gasteiger partial charge >= 0.3 is 0 Å². The van der Waals surface area contributed by atoms with Crippen molar-refractivity contribution < 1.29 is 5.11 Å². The quantitative estimate of drug-likeness (QED) is 0.866. The van der Waals surface area contributed by atoms with Gasteiger partial charge in [0.2, 0.25) is 0 Å². The number of aromatic hydroxyl groups is 1. The van der Waals surface area contributed by atoms with Crippen LogP contribution in [0.25, 0.3) is 0 Å². The minimum absolute atomic E-state index is 0.207. The third-order valence-corrected chi connectivity index (χ3v) is 3.02. The summed E-state index contributed by atoms with van der Waals surface area (Å²) in [4.78, 5) is 4.10. The van der Waals surface area contributed by atoms with Crippen LogP contribution in [0.2, 0.25) is 0 Å². The van der Waals surface area contributed by atoms with Crippen molar-refractivity contribution >= 4 is 0 Å². The smallest absolute Gasteiger partial charge is 0.120 e. The molecule has 0 radical (unpaired) electrons. The fourth-order valence-corrected chi connectivity index (χ4v) is 1.87. The number of benzene rings is 1. The van der Waals surface area contributed by atoms with Gasteiger partial charge in [0.25, 0.3) is 0 Å². The lowest BCUT2D eigenvalue weighted by molar-refractivity contribution is 0.460. The highest BCUT2D eigenvalue weighted by Crippen LogP contribution is 2.19. The van der Waals surface area contributed by atoms with Crippen LogP contribution in [0, 0.1) is 6.92 Å². The highest BCUT2D eigenvalue weighted by molar-refractivity contribution is 5.35. The number of phenols is 1. The molecule has 1 aromatic carbocycles. The van der Waals surface area contributed by atoms with Gasteiger partial charge in [0.05, 0.1) is 0 Å². The van der Waals surface area contributed by atoms with E-state index >= 15 is 0 Å². The van der Waals surface area contributed by atoms with Crippen molar-refractivity contribution in [3.05, 3.63) is 59.4 Å². The zero-order valence-electron chi connectivity index (χ0n) is 10.7. The second kappa shape index (κ2) is 5.65. The van der Waals surface area contributed by atoms with E-state index in [1.165, 1.54) is 0 Å². The summed E-state index contributed by atoms with van der Waals surface area (Å²) >= 11 is 0. The Balaban J connectivity index is 2.01. The average Bonchev–Trinajstić information content (AvgIpc) is 2.40. The number of nitrogens with zero attached hydrogens (tertiary/aromatic N) is 1. The van der Waals surface area contributed by atoms with Gasteiger partial charge in [0.15, 0.2) is 0 Å². The summed E-state index contributed by atoms with van der Waals surface area (Å²) in [5.41, 5.74) is 3.22. The second-order valence-corrected chi connectivity index (χ2v) is 4.52. The summed E-state index contributed by atoms with van der Waals surface area (Å²) in [6.45, 7) is 4.75. The maximum atomic E-state index is 9.77. The van der Waals surface area contributed by atoms with Crippen LogP contribution in [0.3, 0.4) is 0 Å². The summed E-state index contributed by atoms with van der Waals surface area (Å²) in [7, 11) is 0.